The lowest BCUT2D eigenvalue weighted by Crippen LogP contribution is -2.46. The highest BCUT2D eigenvalue weighted by Gasteiger charge is 2.21. The molecule has 152 valence electrons. The van der Waals surface area contributed by atoms with E-state index in [9.17, 15) is 14.0 Å². The number of rotatable bonds is 6. The Kier molecular flexibility index (Phi) is 7.55. The van der Waals surface area contributed by atoms with Crippen molar-refractivity contribution in [3.8, 4) is 0 Å². The number of hydrogen-bond acceptors (Lipinski definition) is 3. The Bertz CT molecular complexity index is 881. The summed E-state index contributed by atoms with van der Waals surface area (Å²) in [6.07, 6.45) is 4.36. The van der Waals surface area contributed by atoms with Crippen molar-refractivity contribution in [3.05, 3.63) is 70.5 Å². The number of halogens is 2. The second kappa shape index (κ2) is 10.3. The van der Waals surface area contributed by atoms with Crippen molar-refractivity contribution in [2.75, 3.05) is 25.0 Å². The van der Waals surface area contributed by atoms with Gasteiger partial charge in [-0.15, -0.1) is 0 Å². The van der Waals surface area contributed by atoms with Crippen LogP contribution >= 0.6 is 15.9 Å². The third-order valence-electron chi connectivity index (χ3n) is 4.73. The average molecular weight is 460 g/mol. The largest absolute Gasteiger partial charge is 0.350 e. The van der Waals surface area contributed by atoms with Gasteiger partial charge in [-0.1, -0.05) is 34.1 Å². The molecule has 2 aromatic rings. The number of carbonyl (C=O) groups excluding carboxylic acids is 2. The first-order valence-corrected chi connectivity index (χ1v) is 10.3. The van der Waals surface area contributed by atoms with Crippen LogP contribution in [0.4, 0.5) is 10.1 Å². The number of piperidine rings is 1. The van der Waals surface area contributed by atoms with Crippen molar-refractivity contribution in [2.45, 2.75) is 18.9 Å². The van der Waals surface area contributed by atoms with Crippen LogP contribution in [-0.4, -0.2) is 42.4 Å². The van der Waals surface area contributed by atoms with E-state index < -0.39 is 0 Å². The number of likely N-dealkylation sites (tertiary alicyclic amines) is 1. The molecule has 2 amide bonds. The summed E-state index contributed by atoms with van der Waals surface area (Å²) in [5, 5.41) is 5.83. The van der Waals surface area contributed by atoms with Crippen molar-refractivity contribution < 1.29 is 14.0 Å². The third-order valence-corrected chi connectivity index (χ3v) is 5.22. The molecule has 0 bridgehead atoms. The predicted octanol–water partition coefficient (Wildman–Crippen LogP) is 3.82. The summed E-state index contributed by atoms with van der Waals surface area (Å²) in [4.78, 5) is 26.4. The molecule has 0 spiro atoms. The molecule has 0 unspecified atom stereocenters. The molecule has 29 heavy (non-hydrogen) atoms. The summed E-state index contributed by atoms with van der Waals surface area (Å²) in [7, 11) is 0. The summed E-state index contributed by atoms with van der Waals surface area (Å²) in [6, 6.07) is 14.0. The predicted molar refractivity (Wildman–Crippen MR) is 116 cm³/mol. The molecule has 0 aromatic heterocycles. The smallest absolute Gasteiger partial charge is 0.244 e. The van der Waals surface area contributed by atoms with Crippen molar-refractivity contribution >= 4 is 39.5 Å². The molecule has 2 N–H and O–H groups in total. The lowest BCUT2D eigenvalue weighted by Gasteiger charge is -2.31. The van der Waals surface area contributed by atoms with Gasteiger partial charge < -0.3 is 10.6 Å². The molecule has 1 aliphatic rings. The highest BCUT2D eigenvalue weighted by Crippen LogP contribution is 2.17. The summed E-state index contributed by atoms with van der Waals surface area (Å²) < 4.78 is 14.5. The minimum atomic E-state index is -0.376. The van der Waals surface area contributed by atoms with Gasteiger partial charge in [0, 0.05) is 40.9 Å². The van der Waals surface area contributed by atoms with E-state index in [0.29, 0.717) is 12.1 Å². The second-order valence-electron chi connectivity index (χ2n) is 6.97. The Morgan fingerprint density at radius 2 is 1.86 bits per heavy atom. The van der Waals surface area contributed by atoms with Crippen LogP contribution in [-0.2, 0) is 9.59 Å². The summed E-state index contributed by atoms with van der Waals surface area (Å²) in [5.74, 6) is -0.665. The molecular formula is C22H23BrFN3O2. The normalized spacial score (nSPS) is 15.4. The first-order chi connectivity index (χ1) is 14.0. The van der Waals surface area contributed by atoms with E-state index in [2.05, 4.69) is 31.5 Å². The molecule has 3 rings (SSSR count). The van der Waals surface area contributed by atoms with Gasteiger partial charge in [-0.3, -0.25) is 14.5 Å². The van der Waals surface area contributed by atoms with Crippen molar-refractivity contribution in [3.63, 3.8) is 0 Å². The van der Waals surface area contributed by atoms with E-state index in [0.717, 1.165) is 36.1 Å². The van der Waals surface area contributed by atoms with Crippen molar-refractivity contribution in [1.82, 2.24) is 10.2 Å². The Morgan fingerprint density at radius 3 is 2.59 bits per heavy atom. The fourth-order valence-electron chi connectivity index (χ4n) is 3.22. The maximum absolute atomic E-state index is 13.7. The van der Waals surface area contributed by atoms with Gasteiger partial charge in [0.15, 0.2) is 0 Å². The van der Waals surface area contributed by atoms with E-state index in [4.69, 9.17) is 0 Å². The molecule has 0 saturated carbocycles. The molecule has 7 heteroatoms. The fraction of sp³-hybridized carbons (Fsp3) is 0.273. The number of para-hydroxylation sites is 1. The maximum atomic E-state index is 13.7. The molecule has 1 heterocycles. The molecule has 1 aliphatic heterocycles. The van der Waals surface area contributed by atoms with Gasteiger partial charge in [0.05, 0.1) is 6.54 Å². The summed E-state index contributed by atoms with van der Waals surface area (Å²) in [6.45, 7) is 1.80. The zero-order chi connectivity index (χ0) is 20.6. The Morgan fingerprint density at radius 1 is 1.14 bits per heavy atom. The fourth-order valence-corrected chi connectivity index (χ4v) is 3.60. The van der Waals surface area contributed by atoms with E-state index in [1.807, 2.05) is 30.3 Å². The molecule has 2 aromatic carbocycles. The van der Waals surface area contributed by atoms with Crippen LogP contribution in [0.25, 0.3) is 6.08 Å². The van der Waals surface area contributed by atoms with Crippen LogP contribution in [0.2, 0.25) is 0 Å². The first kappa shape index (κ1) is 21.2. The monoisotopic (exact) mass is 459 g/mol. The van der Waals surface area contributed by atoms with Gasteiger partial charge in [0.2, 0.25) is 11.8 Å². The minimum Gasteiger partial charge on any atom is -0.350 e. The number of amides is 2. The minimum absolute atomic E-state index is 0.0438. The average Bonchev–Trinajstić information content (AvgIpc) is 2.71. The first-order valence-electron chi connectivity index (χ1n) is 9.50. The number of nitrogens with zero attached hydrogens (tertiary/aromatic N) is 1. The lowest BCUT2D eigenvalue weighted by atomic mass is 10.0. The van der Waals surface area contributed by atoms with Crippen LogP contribution in [0.15, 0.2) is 59.1 Å². The van der Waals surface area contributed by atoms with Gasteiger partial charge in [-0.2, -0.15) is 0 Å². The standard InChI is InChI=1S/C22H23BrFN3O2/c23-17-7-8-20(24)16(14-17)6-9-21(28)25-19-10-12-27(13-11-19)15-22(29)26-18-4-2-1-3-5-18/h1-9,14,19H,10-13,15H2,(H,25,28)(H,26,29)/b9-6+. The van der Waals surface area contributed by atoms with E-state index in [1.54, 1.807) is 12.1 Å². The highest BCUT2D eigenvalue weighted by molar-refractivity contribution is 9.10. The molecule has 5 nitrogen and oxygen atoms in total. The summed E-state index contributed by atoms with van der Waals surface area (Å²) in [5.41, 5.74) is 1.14. The summed E-state index contributed by atoms with van der Waals surface area (Å²) >= 11 is 3.29. The van der Waals surface area contributed by atoms with Gasteiger partial charge in [0.25, 0.3) is 0 Å². The van der Waals surface area contributed by atoms with Crippen molar-refractivity contribution in [2.24, 2.45) is 0 Å². The lowest BCUT2D eigenvalue weighted by molar-refractivity contribution is -0.119. The van der Waals surface area contributed by atoms with Gasteiger partial charge in [-0.05, 0) is 49.2 Å². The number of nitrogens with one attached hydrogen (secondary N) is 2. The van der Waals surface area contributed by atoms with Gasteiger partial charge in [-0.25, -0.2) is 4.39 Å². The Hall–Kier alpha value is -2.51. The number of benzene rings is 2. The van der Waals surface area contributed by atoms with Gasteiger partial charge in [0.1, 0.15) is 5.82 Å². The number of anilines is 1. The number of hydrogen-bond donors (Lipinski definition) is 2. The van der Waals surface area contributed by atoms with E-state index in [-0.39, 0.29) is 23.7 Å². The van der Waals surface area contributed by atoms with E-state index >= 15 is 0 Å². The molecule has 0 radical (unpaired) electrons. The molecule has 0 atom stereocenters. The van der Waals surface area contributed by atoms with Crippen molar-refractivity contribution in [1.29, 1.82) is 0 Å². The van der Waals surface area contributed by atoms with E-state index in [1.165, 1.54) is 18.2 Å². The molecule has 1 saturated heterocycles. The quantitative estimate of drug-likeness (QED) is 0.645. The Labute approximate surface area is 178 Å². The second-order valence-corrected chi connectivity index (χ2v) is 7.89. The topological polar surface area (TPSA) is 61.4 Å². The highest BCUT2D eigenvalue weighted by atomic mass is 79.9. The zero-order valence-electron chi connectivity index (χ0n) is 15.9. The van der Waals surface area contributed by atoms with Crippen LogP contribution in [0.5, 0.6) is 0 Å². The van der Waals surface area contributed by atoms with Crippen LogP contribution in [0, 0.1) is 5.82 Å². The molecule has 1 fully saturated rings. The van der Waals surface area contributed by atoms with Gasteiger partial charge >= 0.3 is 0 Å². The van der Waals surface area contributed by atoms with Crippen LogP contribution < -0.4 is 10.6 Å². The number of carbonyl (C=O) groups is 2. The maximum Gasteiger partial charge on any atom is 0.244 e. The molecule has 0 aliphatic carbocycles. The SMILES string of the molecule is O=C(/C=C/c1cc(Br)ccc1F)NC1CCN(CC(=O)Nc2ccccc2)CC1. The zero-order valence-corrected chi connectivity index (χ0v) is 17.5. The van der Waals surface area contributed by atoms with Crippen LogP contribution in [0.1, 0.15) is 18.4 Å². The third kappa shape index (κ3) is 6.80. The molecular weight excluding hydrogens is 437 g/mol. The Balaban J connectivity index is 1.41. The van der Waals surface area contributed by atoms with Crippen LogP contribution in [0.3, 0.4) is 0 Å².